The van der Waals surface area contributed by atoms with Crippen molar-refractivity contribution in [1.29, 1.82) is 0 Å². The lowest BCUT2D eigenvalue weighted by Gasteiger charge is -2.21. The molecule has 0 saturated carbocycles. The molecule has 17 nitrogen and oxygen atoms in total. The predicted molar refractivity (Wildman–Crippen MR) is 391 cm³/mol. The molecular formula is C77H150O17P2. The number of aliphatic hydroxyl groups excluding tert-OH is 1. The van der Waals surface area contributed by atoms with Crippen molar-refractivity contribution >= 4 is 39.5 Å². The van der Waals surface area contributed by atoms with Crippen LogP contribution in [0.2, 0.25) is 0 Å². The second-order valence-electron chi connectivity index (χ2n) is 28.9. The van der Waals surface area contributed by atoms with Gasteiger partial charge in [-0.3, -0.25) is 37.3 Å². The molecule has 0 aliphatic rings. The molecule has 3 unspecified atom stereocenters. The molecule has 19 heteroatoms. The van der Waals surface area contributed by atoms with Gasteiger partial charge in [0.25, 0.3) is 0 Å². The lowest BCUT2D eigenvalue weighted by atomic mass is 10.00. The van der Waals surface area contributed by atoms with Crippen LogP contribution in [0.4, 0.5) is 0 Å². The number of carbonyl (C=O) groups is 4. The first-order valence-electron chi connectivity index (χ1n) is 39.9. The van der Waals surface area contributed by atoms with Crippen LogP contribution in [0, 0.1) is 17.8 Å². The molecular weight excluding hydrogens is 1260 g/mol. The third-order valence-corrected chi connectivity index (χ3v) is 20.1. The lowest BCUT2D eigenvalue weighted by molar-refractivity contribution is -0.161. The minimum absolute atomic E-state index is 0.103. The quantitative estimate of drug-likeness (QED) is 0.0222. The van der Waals surface area contributed by atoms with Crippen molar-refractivity contribution in [1.82, 2.24) is 0 Å². The second-order valence-corrected chi connectivity index (χ2v) is 31.8. The van der Waals surface area contributed by atoms with E-state index in [0.717, 1.165) is 108 Å². The van der Waals surface area contributed by atoms with Crippen LogP contribution in [0.3, 0.4) is 0 Å². The average molecular weight is 1410 g/mol. The molecule has 0 aromatic rings. The molecule has 0 aromatic heterocycles. The smallest absolute Gasteiger partial charge is 0.462 e. The minimum Gasteiger partial charge on any atom is -0.462 e. The van der Waals surface area contributed by atoms with Gasteiger partial charge in [-0.2, -0.15) is 0 Å². The van der Waals surface area contributed by atoms with E-state index in [-0.39, 0.29) is 25.7 Å². The van der Waals surface area contributed by atoms with E-state index in [2.05, 4.69) is 48.5 Å². The van der Waals surface area contributed by atoms with Crippen molar-refractivity contribution < 1.29 is 80.2 Å². The van der Waals surface area contributed by atoms with Gasteiger partial charge in [0.15, 0.2) is 12.2 Å². The summed E-state index contributed by atoms with van der Waals surface area (Å²) >= 11 is 0. The highest BCUT2D eigenvalue weighted by molar-refractivity contribution is 7.47. The van der Waals surface area contributed by atoms with Crippen molar-refractivity contribution in [2.45, 2.75) is 414 Å². The van der Waals surface area contributed by atoms with Gasteiger partial charge in [0.2, 0.25) is 0 Å². The zero-order valence-electron chi connectivity index (χ0n) is 62.8. The number of esters is 4. The Bertz CT molecular complexity index is 1870. The van der Waals surface area contributed by atoms with Crippen LogP contribution in [0.5, 0.6) is 0 Å². The largest absolute Gasteiger partial charge is 0.472 e. The highest BCUT2D eigenvalue weighted by Crippen LogP contribution is 2.45. The summed E-state index contributed by atoms with van der Waals surface area (Å²) in [7, 11) is -9.91. The summed E-state index contributed by atoms with van der Waals surface area (Å²) < 4.78 is 68.5. The van der Waals surface area contributed by atoms with E-state index in [0.29, 0.717) is 31.6 Å². The molecule has 6 atom stereocenters. The van der Waals surface area contributed by atoms with Crippen LogP contribution >= 0.6 is 15.6 Å². The Morgan fingerprint density at radius 3 is 0.792 bits per heavy atom. The zero-order chi connectivity index (χ0) is 70.9. The molecule has 0 spiro atoms. The minimum atomic E-state index is -4.96. The van der Waals surface area contributed by atoms with E-state index in [1.807, 2.05) is 0 Å². The first-order chi connectivity index (χ1) is 46.3. The normalized spacial score (nSPS) is 14.3. The molecule has 570 valence electrons. The number of unbranched alkanes of at least 4 members (excludes halogenated alkanes) is 42. The third kappa shape index (κ3) is 69.2. The molecule has 0 rings (SSSR count). The molecule has 0 fully saturated rings. The summed E-state index contributed by atoms with van der Waals surface area (Å²) in [5.41, 5.74) is 0. The van der Waals surface area contributed by atoms with Crippen LogP contribution in [0.15, 0.2) is 0 Å². The van der Waals surface area contributed by atoms with Crippen LogP contribution < -0.4 is 0 Å². The highest BCUT2D eigenvalue weighted by atomic mass is 31.2. The molecule has 0 bridgehead atoms. The molecule has 0 heterocycles. The van der Waals surface area contributed by atoms with Crippen molar-refractivity contribution in [2.75, 3.05) is 39.6 Å². The highest BCUT2D eigenvalue weighted by Gasteiger charge is 2.30. The van der Waals surface area contributed by atoms with E-state index < -0.39 is 97.5 Å². The molecule has 0 saturated heterocycles. The fraction of sp³-hybridized carbons (Fsp3) is 0.948. The van der Waals surface area contributed by atoms with Gasteiger partial charge >= 0.3 is 39.5 Å². The summed E-state index contributed by atoms with van der Waals surface area (Å²) in [4.78, 5) is 72.8. The molecule has 0 amide bonds. The van der Waals surface area contributed by atoms with E-state index in [4.69, 9.17) is 37.0 Å². The van der Waals surface area contributed by atoms with Gasteiger partial charge < -0.3 is 33.8 Å². The number of phosphoric acid groups is 2. The summed E-state index contributed by atoms with van der Waals surface area (Å²) in [5.74, 6) is 0.109. The van der Waals surface area contributed by atoms with Crippen molar-refractivity contribution in [3.63, 3.8) is 0 Å². The zero-order valence-corrected chi connectivity index (χ0v) is 64.6. The Morgan fingerprint density at radius 2 is 0.531 bits per heavy atom. The van der Waals surface area contributed by atoms with Gasteiger partial charge in [0.1, 0.15) is 19.3 Å². The standard InChI is InChI=1S/C77H150O17P2/c1-8-10-11-12-13-14-15-16-17-18-19-22-25-28-31-36-44-51-58-74(79)87-64-72(93-76(81)60-53-46-37-32-29-26-23-20-21-24-27-30-34-41-48-55-68(3)4)66-91-95(83,84)89-62-71(78)63-90-96(85,86)92-67-73(94-77(82)61-54-47-38-33-35-42-49-56-69(5)6)65-88-75(80)59-52-45-40-39-43-50-57-70(7)9-2/h68-73,78H,8-67H2,1-7H3,(H,83,84)(H,85,86)/t70?,71-,72-,73-/m1/s1. The molecule has 0 aliphatic heterocycles. The van der Waals surface area contributed by atoms with Crippen LogP contribution in [-0.4, -0.2) is 96.7 Å². The number of ether oxygens (including phenoxy) is 4. The number of aliphatic hydroxyl groups is 1. The fourth-order valence-electron chi connectivity index (χ4n) is 11.7. The third-order valence-electron chi connectivity index (χ3n) is 18.2. The fourth-order valence-corrected chi connectivity index (χ4v) is 13.3. The number of hydrogen-bond acceptors (Lipinski definition) is 15. The Balaban J connectivity index is 5.22. The van der Waals surface area contributed by atoms with Crippen LogP contribution in [0.25, 0.3) is 0 Å². The maximum Gasteiger partial charge on any atom is 0.472 e. The Hall–Kier alpha value is -1.94. The summed E-state index contributed by atoms with van der Waals surface area (Å²) in [6.45, 7) is 11.8. The van der Waals surface area contributed by atoms with Gasteiger partial charge in [-0.05, 0) is 43.4 Å². The van der Waals surface area contributed by atoms with Crippen LogP contribution in [0.1, 0.15) is 395 Å². The van der Waals surface area contributed by atoms with Crippen molar-refractivity contribution in [3.8, 4) is 0 Å². The lowest BCUT2D eigenvalue weighted by Crippen LogP contribution is -2.30. The first kappa shape index (κ1) is 94.1. The number of rotatable bonds is 75. The monoisotopic (exact) mass is 1410 g/mol. The average Bonchev–Trinajstić information content (AvgIpc) is 2.13. The maximum absolute atomic E-state index is 13.1. The molecule has 0 radical (unpaired) electrons. The molecule has 96 heavy (non-hydrogen) atoms. The van der Waals surface area contributed by atoms with Gasteiger partial charge in [0, 0.05) is 25.7 Å². The predicted octanol–water partition coefficient (Wildman–Crippen LogP) is 22.6. The number of carbonyl (C=O) groups excluding carboxylic acids is 4. The maximum atomic E-state index is 13.1. The van der Waals surface area contributed by atoms with E-state index in [1.165, 1.54) is 199 Å². The van der Waals surface area contributed by atoms with Gasteiger partial charge in [-0.25, -0.2) is 9.13 Å². The van der Waals surface area contributed by atoms with Crippen molar-refractivity contribution in [2.24, 2.45) is 17.8 Å². The van der Waals surface area contributed by atoms with Crippen LogP contribution in [-0.2, 0) is 65.4 Å². The summed E-state index contributed by atoms with van der Waals surface area (Å²) in [6.07, 6.45) is 54.3. The number of hydrogen-bond donors (Lipinski definition) is 3. The molecule has 3 N–H and O–H groups in total. The Kier molecular flexibility index (Phi) is 66.2. The van der Waals surface area contributed by atoms with E-state index in [1.54, 1.807) is 0 Å². The molecule has 0 aliphatic carbocycles. The Morgan fingerprint density at radius 1 is 0.302 bits per heavy atom. The van der Waals surface area contributed by atoms with E-state index in [9.17, 15) is 43.2 Å². The van der Waals surface area contributed by atoms with Gasteiger partial charge in [-0.15, -0.1) is 0 Å². The summed E-state index contributed by atoms with van der Waals surface area (Å²) in [6, 6.07) is 0. The first-order valence-corrected chi connectivity index (χ1v) is 42.9. The van der Waals surface area contributed by atoms with Gasteiger partial charge in [-0.1, -0.05) is 344 Å². The second kappa shape index (κ2) is 67.5. The van der Waals surface area contributed by atoms with Crippen molar-refractivity contribution in [3.05, 3.63) is 0 Å². The molecule has 0 aromatic carbocycles. The van der Waals surface area contributed by atoms with Gasteiger partial charge in [0.05, 0.1) is 26.4 Å². The Labute approximate surface area is 588 Å². The summed E-state index contributed by atoms with van der Waals surface area (Å²) in [5, 5.41) is 10.6. The number of phosphoric ester groups is 2. The topological polar surface area (TPSA) is 237 Å². The SMILES string of the molecule is CCCCCCCCCCCCCCCCCCCCC(=O)OC[C@H](COP(=O)(O)OC[C@@H](O)COP(=O)(O)OC[C@@H](COC(=O)CCCCCCCCC(C)CC)OC(=O)CCCCCCCCCC(C)C)OC(=O)CCCCCCCCCCCCCCCCCC(C)C. The van der Waals surface area contributed by atoms with E-state index >= 15 is 0 Å².